The predicted molar refractivity (Wildman–Crippen MR) is 80.8 cm³/mol. The zero-order valence-electron chi connectivity index (χ0n) is 12.1. The lowest BCUT2D eigenvalue weighted by atomic mass is 9.89. The monoisotopic (exact) mass is 248 g/mol. The average molecular weight is 248 g/mol. The molecule has 0 aliphatic heterocycles. The minimum absolute atomic E-state index is 0.343. The summed E-state index contributed by atoms with van der Waals surface area (Å²) in [5, 5.41) is 3.74. The van der Waals surface area contributed by atoms with E-state index in [4.69, 9.17) is 5.73 Å². The number of anilines is 1. The van der Waals surface area contributed by atoms with Crippen LogP contribution < -0.4 is 11.1 Å². The second-order valence-electron chi connectivity index (χ2n) is 5.12. The number of hydrogen-bond donors (Lipinski definition) is 2. The first-order valence-electron chi connectivity index (χ1n) is 7.25. The van der Waals surface area contributed by atoms with Crippen molar-refractivity contribution in [3.8, 4) is 0 Å². The average Bonchev–Trinajstić information content (AvgIpc) is 2.40. The Morgan fingerprint density at radius 1 is 1.11 bits per heavy atom. The zero-order chi connectivity index (χ0) is 13.4. The molecule has 0 aliphatic rings. The van der Waals surface area contributed by atoms with E-state index < -0.39 is 0 Å². The van der Waals surface area contributed by atoms with Crippen LogP contribution in [0.5, 0.6) is 0 Å². The topological polar surface area (TPSA) is 38.0 Å². The fourth-order valence-corrected chi connectivity index (χ4v) is 2.52. The van der Waals surface area contributed by atoms with Gasteiger partial charge in [0.2, 0.25) is 0 Å². The summed E-state index contributed by atoms with van der Waals surface area (Å²) in [7, 11) is 0. The Morgan fingerprint density at radius 2 is 1.78 bits per heavy atom. The van der Waals surface area contributed by atoms with E-state index in [2.05, 4.69) is 38.2 Å². The van der Waals surface area contributed by atoms with E-state index >= 15 is 0 Å². The van der Waals surface area contributed by atoms with Gasteiger partial charge in [-0.25, -0.2) is 0 Å². The summed E-state index contributed by atoms with van der Waals surface area (Å²) >= 11 is 0. The van der Waals surface area contributed by atoms with Gasteiger partial charge in [-0.2, -0.15) is 0 Å². The second-order valence-corrected chi connectivity index (χ2v) is 5.12. The van der Waals surface area contributed by atoms with Crippen molar-refractivity contribution < 1.29 is 0 Å². The molecule has 0 unspecified atom stereocenters. The van der Waals surface area contributed by atoms with E-state index in [9.17, 15) is 0 Å². The predicted octanol–water partition coefficient (Wildman–Crippen LogP) is 3.76. The summed E-state index contributed by atoms with van der Waals surface area (Å²) in [5.74, 6) is 0. The minimum Gasteiger partial charge on any atom is -0.399 e. The molecule has 0 spiro atoms. The van der Waals surface area contributed by atoms with Crippen LogP contribution >= 0.6 is 0 Å². The lowest BCUT2D eigenvalue weighted by Gasteiger charge is -2.32. The maximum atomic E-state index is 5.78. The van der Waals surface area contributed by atoms with Crippen LogP contribution in [0.4, 0.5) is 5.69 Å². The van der Waals surface area contributed by atoms with Gasteiger partial charge >= 0.3 is 0 Å². The molecule has 0 aromatic heterocycles. The van der Waals surface area contributed by atoms with Gasteiger partial charge in [0.1, 0.15) is 0 Å². The van der Waals surface area contributed by atoms with Crippen molar-refractivity contribution in [2.75, 3.05) is 12.3 Å². The molecule has 0 atom stereocenters. The molecule has 18 heavy (non-hydrogen) atoms. The van der Waals surface area contributed by atoms with Crippen molar-refractivity contribution in [1.82, 2.24) is 5.32 Å². The molecule has 102 valence electrons. The number of nitrogen functional groups attached to an aromatic ring is 1. The Kier molecular flexibility index (Phi) is 6.20. The largest absolute Gasteiger partial charge is 0.399 e. The Morgan fingerprint density at radius 3 is 2.33 bits per heavy atom. The summed E-state index contributed by atoms with van der Waals surface area (Å²) in [6.45, 7) is 7.91. The minimum atomic E-state index is 0.343. The molecule has 2 nitrogen and oxygen atoms in total. The van der Waals surface area contributed by atoms with Crippen molar-refractivity contribution >= 4 is 5.69 Å². The molecule has 0 radical (unpaired) electrons. The van der Waals surface area contributed by atoms with Crippen LogP contribution in [0, 0.1) is 0 Å². The maximum absolute atomic E-state index is 5.78. The fraction of sp³-hybridized carbons (Fsp3) is 0.625. The molecule has 0 aliphatic carbocycles. The normalized spacial score (nSPS) is 11.7. The highest BCUT2D eigenvalue weighted by molar-refractivity contribution is 5.40. The Balaban J connectivity index is 2.34. The SMILES string of the molecule is CCC(CC)(CC)NCCCc1cccc(N)c1. The van der Waals surface area contributed by atoms with E-state index in [1.165, 1.54) is 31.2 Å². The van der Waals surface area contributed by atoms with E-state index in [0.717, 1.165) is 18.7 Å². The molecular weight excluding hydrogens is 220 g/mol. The highest BCUT2D eigenvalue weighted by Crippen LogP contribution is 2.19. The molecule has 0 amide bonds. The van der Waals surface area contributed by atoms with Crippen molar-refractivity contribution in [2.24, 2.45) is 0 Å². The molecule has 1 aromatic rings. The summed E-state index contributed by atoms with van der Waals surface area (Å²) in [6, 6.07) is 8.21. The molecule has 0 bridgehead atoms. The summed E-state index contributed by atoms with van der Waals surface area (Å²) < 4.78 is 0. The summed E-state index contributed by atoms with van der Waals surface area (Å²) in [4.78, 5) is 0. The Bertz CT molecular complexity index is 334. The number of nitrogens with one attached hydrogen (secondary N) is 1. The van der Waals surface area contributed by atoms with Crippen LogP contribution in [0.2, 0.25) is 0 Å². The van der Waals surface area contributed by atoms with Gasteiger partial charge in [0.25, 0.3) is 0 Å². The standard InChI is InChI=1S/C16H28N2/c1-4-16(5-2,6-3)18-12-8-10-14-9-7-11-15(17)13-14/h7,9,11,13,18H,4-6,8,10,12,17H2,1-3H3. The lowest BCUT2D eigenvalue weighted by molar-refractivity contribution is 0.290. The van der Waals surface area contributed by atoms with Crippen LogP contribution in [0.3, 0.4) is 0 Å². The first-order chi connectivity index (χ1) is 8.65. The highest BCUT2D eigenvalue weighted by Gasteiger charge is 2.21. The molecular formula is C16H28N2. The molecule has 1 rings (SSSR count). The highest BCUT2D eigenvalue weighted by atomic mass is 15.0. The smallest absolute Gasteiger partial charge is 0.0316 e. The van der Waals surface area contributed by atoms with Gasteiger partial charge in [-0.15, -0.1) is 0 Å². The van der Waals surface area contributed by atoms with Gasteiger partial charge in [-0.1, -0.05) is 32.9 Å². The van der Waals surface area contributed by atoms with Gasteiger partial charge in [-0.05, 0) is 56.3 Å². The molecule has 0 fully saturated rings. The number of benzene rings is 1. The quantitative estimate of drug-likeness (QED) is 0.543. The van der Waals surface area contributed by atoms with E-state index in [1.807, 2.05) is 12.1 Å². The lowest BCUT2D eigenvalue weighted by Crippen LogP contribution is -2.44. The first-order valence-corrected chi connectivity index (χ1v) is 7.25. The van der Waals surface area contributed by atoms with Crippen molar-refractivity contribution in [3.05, 3.63) is 29.8 Å². The third-order valence-corrected chi connectivity index (χ3v) is 4.12. The second kappa shape index (κ2) is 7.42. The van der Waals surface area contributed by atoms with Crippen molar-refractivity contribution in [3.63, 3.8) is 0 Å². The summed E-state index contributed by atoms with van der Waals surface area (Å²) in [5.41, 5.74) is 8.33. The third kappa shape index (κ3) is 4.34. The summed E-state index contributed by atoms with van der Waals surface area (Å²) in [6.07, 6.45) is 5.89. The Labute approximate surface area is 112 Å². The number of aryl methyl sites for hydroxylation is 1. The van der Waals surface area contributed by atoms with Crippen LogP contribution in [-0.4, -0.2) is 12.1 Å². The molecule has 0 saturated heterocycles. The molecule has 0 saturated carbocycles. The van der Waals surface area contributed by atoms with E-state index in [-0.39, 0.29) is 0 Å². The van der Waals surface area contributed by atoms with Gasteiger partial charge in [0.15, 0.2) is 0 Å². The van der Waals surface area contributed by atoms with Crippen LogP contribution in [-0.2, 0) is 6.42 Å². The number of nitrogens with two attached hydrogens (primary N) is 1. The van der Waals surface area contributed by atoms with Crippen LogP contribution in [0.25, 0.3) is 0 Å². The first kappa shape index (κ1) is 15.0. The zero-order valence-corrected chi connectivity index (χ0v) is 12.1. The molecule has 0 heterocycles. The third-order valence-electron chi connectivity index (χ3n) is 4.12. The number of rotatable bonds is 8. The maximum Gasteiger partial charge on any atom is 0.0316 e. The Hall–Kier alpha value is -1.02. The van der Waals surface area contributed by atoms with Crippen LogP contribution in [0.1, 0.15) is 52.0 Å². The van der Waals surface area contributed by atoms with Crippen LogP contribution in [0.15, 0.2) is 24.3 Å². The number of hydrogen-bond acceptors (Lipinski definition) is 2. The van der Waals surface area contributed by atoms with Gasteiger partial charge < -0.3 is 11.1 Å². The molecule has 1 aromatic carbocycles. The molecule has 2 heteroatoms. The van der Waals surface area contributed by atoms with Crippen molar-refractivity contribution in [2.45, 2.75) is 58.4 Å². The van der Waals surface area contributed by atoms with E-state index in [1.54, 1.807) is 0 Å². The van der Waals surface area contributed by atoms with Gasteiger partial charge in [0, 0.05) is 11.2 Å². The fourth-order valence-electron chi connectivity index (χ4n) is 2.52. The van der Waals surface area contributed by atoms with Crippen molar-refractivity contribution in [1.29, 1.82) is 0 Å². The molecule has 3 N–H and O–H groups in total. The van der Waals surface area contributed by atoms with E-state index in [0.29, 0.717) is 5.54 Å². The van der Waals surface area contributed by atoms with Gasteiger partial charge in [0.05, 0.1) is 0 Å². The van der Waals surface area contributed by atoms with Gasteiger partial charge in [-0.3, -0.25) is 0 Å².